The van der Waals surface area contributed by atoms with E-state index in [0.29, 0.717) is 5.92 Å². The summed E-state index contributed by atoms with van der Waals surface area (Å²) in [4.78, 5) is 3.41. The van der Waals surface area contributed by atoms with Crippen LogP contribution in [-0.2, 0) is 0 Å². The second kappa shape index (κ2) is 4.32. The Labute approximate surface area is 97.9 Å². The number of aryl methyl sites for hydroxylation is 1. The van der Waals surface area contributed by atoms with E-state index < -0.39 is 0 Å². The number of nitrogens with one attached hydrogen (secondary N) is 1. The topological polar surface area (TPSA) is 15.8 Å². The fourth-order valence-corrected chi connectivity index (χ4v) is 2.57. The Bertz CT molecular complexity index is 479. The molecule has 1 heteroatoms. The van der Waals surface area contributed by atoms with Crippen molar-refractivity contribution in [3.63, 3.8) is 0 Å². The Hall–Kier alpha value is -1.24. The minimum absolute atomic E-state index is 0.635. The number of benzene rings is 1. The molecule has 16 heavy (non-hydrogen) atoms. The van der Waals surface area contributed by atoms with Crippen LogP contribution in [0.1, 0.15) is 44.2 Å². The zero-order valence-corrected chi connectivity index (χ0v) is 10.7. The van der Waals surface area contributed by atoms with Crippen molar-refractivity contribution in [2.45, 2.75) is 40.0 Å². The monoisotopic (exact) mass is 215 g/mol. The van der Waals surface area contributed by atoms with Gasteiger partial charge in [0.15, 0.2) is 0 Å². The molecule has 1 aromatic heterocycles. The van der Waals surface area contributed by atoms with Crippen LogP contribution < -0.4 is 0 Å². The summed E-state index contributed by atoms with van der Waals surface area (Å²) in [6.45, 7) is 9.06. The minimum atomic E-state index is 0.635. The van der Waals surface area contributed by atoms with Crippen LogP contribution >= 0.6 is 0 Å². The number of H-pyrrole nitrogens is 1. The zero-order valence-electron chi connectivity index (χ0n) is 10.7. The molecule has 1 N–H and O–H groups in total. The van der Waals surface area contributed by atoms with Crippen LogP contribution in [0.5, 0.6) is 0 Å². The Balaban J connectivity index is 2.42. The fraction of sp³-hybridized carbons (Fsp3) is 0.467. The van der Waals surface area contributed by atoms with Crippen molar-refractivity contribution >= 4 is 10.9 Å². The van der Waals surface area contributed by atoms with Gasteiger partial charge in [0.05, 0.1) is 0 Å². The van der Waals surface area contributed by atoms with Gasteiger partial charge in [-0.15, -0.1) is 0 Å². The van der Waals surface area contributed by atoms with Gasteiger partial charge >= 0.3 is 0 Å². The normalized spacial score (nSPS) is 13.6. The molecule has 0 spiro atoms. The van der Waals surface area contributed by atoms with Gasteiger partial charge in [-0.25, -0.2) is 0 Å². The lowest BCUT2D eigenvalue weighted by Crippen LogP contribution is -1.97. The summed E-state index contributed by atoms with van der Waals surface area (Å²) in [7, 11) is 0. The number of hydrogen-bond acceptors (Lipinski definition) is 0. The summed E-state index contributed by atoms with van der Waals surface area (Å²) in [5, 5.41) is 1.40. The van der Waals surface area contributed by atoms with E-state index in [9.17, 15) is 0 Å². The standard InChI is InChI=1S/C15H21N/c1-10(2)8-12(4)14-9-16-15-11(3)6-5-7-13(14)15/h5-7,9-10,12,16H,8H2,1-4H3. The highest BCUT2D eigenvalue weighted by Crippen LogP contribution is 2.30. The van der Waals surface area contributed by atoms with E-state index >= 15 is 0 Å². The molecule has 0 saturated carbocycles. The highest BCUT2D eigenvalue weighted by atomic mass is 14.7. The molecule has 0 saturated heterocycles. The molecule has 1 aromatic carbocycles. The van der Waals surface area contributed by atoms with E-state index in [-0.39, 0.29) is 0 Å². The number of aromatic nitrogens is 1. The summed E-state index contributed by atoms with van der Waals surface area (Å²) in [6, 6.07) is 6.54. The van der Waals surface area contributed by atoms with E-state index in [1.807, 2.05) is 0 Å². The lowest BCUT2D eigenvalue weighted by molar-refractivity contribution is 0.525. The first-order valence-electron chi connectivity index (χ1n) is 6.16. The Morgan fingerprint density at radius 2 is 1.94 bits per heavy atom. The van der Waals surface area contributed by atoms with Crippen molar-refractivity contribution in [1.29, 1.82) is 0 Å². The van der Waals surface area contributed by atoms with Crippen LogP contribution in [-0.4, -0.2) is 4.98 Å². The summed E-state index contributed by atoms with van der Waals surface area (Å²) >= 11 is 0. The van der Waals surface area contributed by atoms with Gasteiger partial charge in [0.1, 0.15) is 0 Å². The molecular formula is C15H21N. The van der Waals surface area contributed by atoms with Crippen LogP contribution in [0, 0.1) is 12.8 Å². The van der Waals surface area contributed by atoms with Crippen molar-refractivity contribution < 1.29 is 0 Å². The third kappa shape index (κ3) is 1.99. The van der Waals surface area contributed by atoms with E-state index in [4.69, 9.17) is 0 Å². The second-order valence-corrected chi connectivity index (χ2v) is 5.27. The molecule has 1 nitrogen and oxygen atoms in total. The number of fused-ring (bicyclic) bond motifs is 1. The predicted octanol–water partition coefficient (Wildman–Crippen LogP) is 4.63. The average Bonchev–Trinajstić information content (AvgIpc) is 2.61. The third-order valence-electron chi connectivity index (χ3n) is 3.31. The molecule has 0 radical (unpaired) electrons. The van der Waals surface area contributed by atoms with Crippen LogP contribution in [0.2, 0.25) is 0 Å². The molecule has 0 aliphatic heterocycles. The van der Waals surface area contributed by atoms with E-state index in [1.165, 1.54) is 28.5 Å². The smallest absolute Gasteiger partial charge is 0.0486 e. The van der Waals surface area contributed by atoms with Gasteiger partial charge in [-0.2, -0.15) is 0 Å². The summed E-state index contributed by atoms with van der Waals surface area (Å²) < 4.78 is 0. The lowest BCUT2D eigenvalue weighted by atomic mass is 9.91. The first-order chi connectivity index (χ1) is 7.59. The van der Waals surface area contributed by atoms with Gasteiger partial charge in [0, 0.05) is 17.1 Å². The molecule has 2 aromatic rings. The maximum atomic E-state index is 3.41. The molecule has 0 bridgehead atoms. The molecule has 1 heterocycles. The van der Waals surface area contributed by atoms with Crippen LogP contribution in [0.15, 0.2) is 24.4 Å². The van der Waals surface area contributed by atoms with Crippen molar-refractivity contribution in [3.05, 3.63) is 35.5 Å². The number of aromatic amines is 1. The lowest BCUT2D eigenvalue weighted by Gasteiger charge is -2.13. The fourth-order valence-electron chi connectivity index (χ4n) is 2.57. The van der Waals surface area contributed by atoms with E-state index in [2.05, 4.69) is 57.1 Å². The van der Waals surface area contributed by atoms with Crippen molar-refractivity contribution in [2.75, 3.05) is 0 Å². The molecule has 0 fully saturated rings. The molecule has 0 aliphatic carbocycles. The Morgan fingerprint density at radius 3 is 2.62 bits per heavy atom. The summed E-state index contributed by atoms with van der Waals surface area (Å²) in [5.41, 5.74) is 4.10. The summed E-state index contributed by atoms with van der Waals surface area (Å²) in [6.07, 6.45) is 3.44. The molecule has 2 rings (SSSR count). The molecular weight excluding hydrogens is 194 g/mol. The van der Waals surface area contributed by atoms with Crippen molar-refractivity contribution in [1.82, 2.24) is 4.98 Å². The van der Waals surface area contributed by atoms with Gasteiger partial charge in [0.25, 0.3) is 0 Å². The highest BCUT2D eigenvalue weighted by molar-refractivity contribution is 5.86. The van der Waals surface area contributed by atoms with E-state index in [0.717, 1.165) is 5.92 Å². The van der Waals surface area contributed by atoms with Crippen molar-refractivity contribution in [3.8, 4) is 0 Å². The Kier molecular flexibility index (Phi) is 3.04. The van der Waals surface area contributed by atoms with Gasteiger partial charge in [-0.1, -0.05) is 39.0 Å². The average molecular weight is 215 g/mol. The molecule has 86 valence electrons. The van der Waals surface area contributed by atoms with Gasteiger partial charge in [-0.3, -0.25) is 0 Å². The number of rotatable bonds is 3. The predicted molar refractivity (Wildman–Crippen MR) is 70.9 cm³/mol. The second-order valence-electron chi connectivity index (χ2n) is 5.27. The molecule has 1 unspecified atom stereocenters. The molecule has 1 atom stereocenters. The summed E-state index contributed by atoms with van der Waals surface area (Å²) in [5.74, 6) is 1.39. The maximum absolute atomic E-state index is 3.41. The Morgan fingerprint density at radius 1 is 1.19 bits per heavy atom. The SMILES string of the molecule is Cc1cccc2c(C(C)CC(C)C)c[nH]c12. The van der Waals surface area contributed by atoms with Gasteiger partial charge in [-0.05, 0) is 36.3 Å². The van der Waals surface area contributed by atoms with Crippen LogP contribution in [0.3, 0.4) is 0 Å². The largest absolute Gasteiger partial charge is 0.361 e. The molecule has 0 amide bonds. The van der Waals surface area contributed by atoms with E-state index in [1.54, 1.807) is 0 Å². The van der Waals surface area contributed by atoms with Crippen molar-refractivity contribution in [2.24, 2.45) is 5.92 Å². The highest BCUT2D eigenvalue weighted by Gasteiger charge is 2.13. The first kappa shape index (κ1) is 11.3. The van der Waals surface area contributed by atoms with Gasteiger partial charge < -0.3 is 4.98 Å². The van der Waals surface area contributed by atoms with Crippen LogP contribution in [0.4, 0.5) is 0 Å². The maximum Gasteiger partial charge on any atom is 0.0486 e. The first-order valence-corrected chi connectivity index (χ1v) is 6.16. The third-order valence-corrected chi connectivity index (χ3v) is 3.31. The minimum Gasteiger partial charge on any atom is -0.361 e. The van der Waals surface area contributed by atoms with Gasteiger partial charge in [0.2, 0.25) is 0 Å². The molecule has 0 aliphatic rings. The zero-order chi connectivity index (χ0) is 11.7. The van der Waals surface area contributed by atoms with Crippen LogP contribution in [0.25, 0.3) is 10.9 Å². The number of hydrogen-bond donors (Lipinski definition) is 1. The number of para-hydroxylation sites is 1. The quantitative estimate of drug-likeness (QED) is 0.768.